The van der Waals surface area contributed by atoms with Gasteiger partial charge in [-0.15, -0.1) is 0 Å². The smallest absolute Gasteiger partial charge is 0.243 e. The predicted molar refractivity (Wildman–Crippen MR) is 145 cm³/mol. The largest absolute Gasteiger partial charge is 0.326 e. The van der Waals surface area contributed by atoms with Gasteiger partial charge in [0.1, 0.15) is 0 Å². The van der Waals surface area contributed by atoms with E-state index in [2.05, 4.69) is 5.32 Å². The van der Waals surface area contributed by atoms with Gasteiger partial charge in [-0.25, -0.2) is 16.8 Å². The third kappa shape index (κ3) is 6.17. The van der Waals surface area contributed by atoms with Crippen LogP contribution >= 0.6 is 0 Å². The summed E-state index contributed by atoms with van der Waals surface area (Å²) in [6, 6.07) is 10.9. The monoisotopic (exact) mass is 561 g/mol. The number of nitrogens with one attached hydrogen (secondary N) is 1. The predicted octanol–water partition coefficient (Wildman–Crippen LogP) is 3.80. The summed E-state index contributed by atoms with van der Waals surface area (Å²) in [6.45, 7) is 4.48. The lowest BCUT2D eigenvalue weighted by Crippen LogP contribution is -2.41. The molecule has 0 radical (unpaired) electrons. The van der Waals surface area contributed by atoms with Crippen LogP contribution in [0.5, 0.6) is 0 Å². The van der Waals surface area contributed by atoms with Crippen LogP contribution in [0.15, 0.2) is 52.3 Å². The van der Waals surface area contributed by atoms with E-state index in [1.807, 2.05) is 0 Å². The van der Waals surface area contributed by atoms with E-state index in [4.69, 9.17) is 0 Å². The number of rotatable bonds is 7. The van der Waals surface area contributed by atoms with Gasteiger partial charge in [-0.05, 0) is 69.4 Å². The molecule has 0 atom stereocenters. The molecule has 11 heteroatoms. The Morgan fingerprint density at radius 2 is 1.45 bits per heavy atom. The Hall–Kier alpha value is -2.60. The minimum absolute atomic E-state index is 0.0610. The van der Waals surface area contributed by atoms with E-state index in [1.54, 1.807) is 31.2 Å². The highest BCUT2D eigenvalue weighted by Crippen LogP contribution is 2.28. The molecule has 2 heterocycles. The number of benzene rings is 2. The molecule has 0 spiro atoms. The van der Waals surface area contributed by atoms with Crippen LogP contribution in [-0.2, 0) is 24.8 Å². The first-order valence-electron chi connectivity index (χ1n) is 13.0. The molecule has 1 N–H and O–H groups in total. The lowest BCUT2D eigenvalue weighted by atomic mass is 9.97. The number of piperidine rings is 1. The molecule has 0 bridgehead atoms. The van der Waals surface area contributed by atoms with Gasteiger partial charge < -0.3 is 5.32 Å². The van der Waals surface area contributed by atoms with Crippen molar-refractivity contribution in [3.8, 4) is 0 Å². The molecule has 2 fully saturated rings. The number of amides is 1. The maximum absolute atomic E-state index is 13.3. The molecule has 0 aromatic heterocycles. The molecule has 0 unspecified atom stereocenters. The number of ketones is 1. The minimum atomic E-state index is -3.79. The molecule has 4 rings (SSSR count). The molecule has 1 amide bonds. The SMILES string of the molecule is CC(=O)c1cccc(S(=O)(=O)N2CCC(C(=O)Nc3ccc(C)c(S(=O)(=O)N4CCCCCC4)c3)CC2)c1. The second-order valence-electron chi connectivity index (χ2n) is 10.1. The lowest BCUT2D eigenvalue weighted by Gasteiger charge is -2.30. The van der Waals surface area contributed by atoms with E-state index in [0.29, 0.717) is 42.7 Å². The first-order valence-corrected chi connectivity index (χ1v) is 15.9. The molecule has 2 aliphatic rings. The molecule has 2 aliphatic heterocycles. The van der Waals surface area contributed by atoms with Gasteiger partial charge in [-0.3, -0.25) is 9.59 Å². The molecule has 0 aliphatic carbocycles. The molecule has 2 aromatic rings. The van der Waals surface area contributed by atoms with Gasteiger partial charge >= 0.3 is 0 Å². The number of sulfonamides is 2. The van der Waals surface area contributed by atoms with Crippen LogP contribution in [0.2, 0.25) is 0 Å². The number of carbonyl (C=O) groups is 2. The van der Waals surface area contributed by atoms with E-state index < -0.39 is 26.0 Å². The van der Waals surface area contributed by atoms with Gasteiger partial charge in [0.2, 0.25) is 26.0 Å². The van der Waals surface area contributed by atoms with Crippen LogP contribution in [0.4, 0.5) is 5.69 Å². The first kappa shape index (κ1) is 28.4. The van der Waals surface area contributed by atoms with E-state index in [9.17, 15) is 26.4 Å². The highest BCUT2D eigenvalue weighted by atomic mass is 32.2. The Morgan fingerprint density at radius 1 is 0.816 bits per heavy atom. The van der Waals surface area contributed by atoms with Crippen molar-refractivity contribution in [2.24, 2.45) is 5.92 Å². The summed E-state index contributed by atoms with van der Waals surface area (Å²) in [5.74, 6) is -0.879. The summed E-state index contributed by atoms with van der Waals surface area (Å²) in [5, 5.41) is 2.84. The van der Waals surface area contributed by atoms with Crippen LogP contribution in [0, 0.1) is 12.8 Å². The zero-order chi connectivity index (χ0) is 27.5. The average Bonchev–Trinajstić information content (AvgIpc) is 3.20. The average molecular weight is 562 g/mol. The highest BCUT2D eigenvalue weighted by Gasteiger charge is 2.33. The third-order valence-electron chi connectivity index (χ3n) is 7.34. The Labute approximate surface area is 225 Å². The quantitative estimate of drug-likeness (QED) is 0.514. The Balaban J connectivity index is 1.42. The fourth-order valence-corrected chi connectivity index (χ4v) is 8.29. The van der Waals surface area contributed by atoms with Crippen molar-refractivity contribution < 1.29 is 26.4 Å². The molecule has 0 saturated carbocycles. The molecule has 2 saturated heterocycles. The van der Waals surface area contributed by atoms with Crippen molar-refractivity contribution in [1.82, 2.24) is 8.61 Å². The van der Waals surface area contributed by atoms with Crippen molar-refractivity contribution >= 4 is 37.4 Å². The minimum Gasteiger partial charge on any atom is -0.326 e. The van der Waals surface area contributed by atoms with Crippen LogP contribution < -0.4 is 5.32 Å². The summed E-state index contributed by atoms with van der Waals surface area (Å²) in [6.07, 6.45) is 4.39. The van der Waals surface area contributed by atoms with Crippen LogP contribution in [0.3, 0.4) is 0 Å². The van der Waals surface area contributed by atoms with Gasteiger partial charge in [-0.2, -0.15) is 8.61 Å². The number of hydrogen-bond acceptors (Lipinski definition) is 6. The fourth-order valence-electron chi connectivity index (χ4n) is 5.00. The number of nitrogens with zero attached hydrogens (tertiary/aromatic N) is 2. The number of anilines is 1. The summed E-state index contributed by atoms with van der Waals surface area (Å²) in [4.78, 5) is 25.0. The summed E-state index contributed by atoms with van der Waals surface area (Å²) >= 11 is 0. The van der Waals surface area contributed by atoms with Crippen molar-refractivity contribution in [2.75, 3.05) is 31.5 Å². The Morgan fingerprint density at radius 3 is 2.08 bits per heavy atom. The second kappa shape index (κ2) is 11.6. The third-order valence-corrected chi connectivity index (χ3v) is 11.3. The van der Waals surface area contributed by atoms with Crippen molar-refractivity contribution in [3.05, 3.63) is 53.6 Å². The Kier molecular flexibility index (Phi) is 8.71. The van der Waals surface area contributed by atoms with E-state index in [0.717, 1.165) is 25.7 Å². The van der Waals surface area contributed by atoms with Gasteiger partial charge in [0.25, 0.3) is 0 Å². The number of carbonyl (C=O) groups excluding carboxylic acids is 2. The second-order valence-corrected chi connectivity index (χ2v) is 13.9. The van der Waals surface area contributed by atoms with E-state index in [1.165, 1.54) is 33.7 Å². The topological polar surface area (TPSA) is 121 Å². The maximum atomic E-state index is 13.3. The standard InChI is InChI=1S/C27H35N3O6S2/c1-20-10-11-24(19-26(20)38(35,36)29-14-5-3-4-6-15-29)28-27(32)22-12-16-30(17-13-22)37(33,34)25-9-7-8-23(18-25)21(2)31/h7-11,18-19,22H,3-6,12-17H2,1-2H3,(H,28,32). The summed E-state index contributed by atoms with van der Waals surface area (Å²) in [7, 11) is -7.46. The zero-order valence-corrected chi connectivity index (χ0v) is 23.5. The Bertz CT molecular complexity index is 1410. The molecule has 38 heavy (non-hydrogen) atoms. The number of aryl methyl sites for hydroxylation is 1. The van der Waals surface area contributed by atoms with Crippen molar-refractivity contribution in [3.63, 3.8) is 0 Å². The molecule has 9 nitrogen and oxygen atoms in total. The van der Waals surface area contributed by atoms with Crippen LogP contribution in [0.1, 0.15) is 61.4 Å². The molecular formula is C27H35N3O6S2. The van der Waals surface area contributed by atoms with Gasteiger partial charge in [0.05, 0.1) is 9.79 Å². The first-order chi connectivity index (χ1) is 18.0. The zero-order valence-electron chi connectivity index (χ0n) is 21.9. The van der Waals surface area contributed by atoms with Gasteiger partial charge in [0, 0.05) is 43.3 Å². The van der Waals surface area contributed by atoms with E-state index >= 15 is 0 Å². The lowest BCUT2D eigenvalue weighted by molar-refractivity contribution is -0.120. The van der Waals surface area contributed by atoms with Gasteiger partial charge in [0.15, 0.2) is 5.78 Å². The summed E-state index contributed by atoms with van der Waals surface area (Å²) < 4.78 is 55.8. The molecular weight excluding hydrogens is 526 g/mol. The number of hydrogen-bond donors (Lipinski definition) is 1. The normalized spacial score (nSPS) is 18.6. The van der Waals surface area contributed by atoms with Crippen LogP contribution in [-0.4, -0.2) is 63.3 Å². The van der Waals surface area contributed by atoms with Crippen LogP contribution in [0.25, 0.3) is 0 Å². The van der Waals surface area contributed by atoms with Gasteiger partial charge in [-0.1, -0.05) is 31.0 Å². The molecule has 2 aromatic carbocycles. The molecule has 206 valence electrons. The van der Waals surface area contributed by atoms with Crippen molar-refractivity contribution in [1.29, 1.82) is 0 Å². The van der Waals surface area contributed by atoms with E-state index in [-0.39, 0.29) is 34.6 Å². The maximum Gasteiger partial charge on any atom is 0.243 e. The fraction of sp³-hybridized carbons (Fsp3) is 0.481. The van der Waals surface area contributed by atoms with Crippen molar-refractivity contribution in [2.45, 2.75) is 62.2 Å². The summed E-state index contributed by atoms with van der Waals surface area (Å²) in [5.41, 5.74) is 1.36. The highest BCUT2D eigenvalue weighted by molar-refractivity contribution is 7.89. The number of Topliss-reactive ketones (excluding diaryl/α,β-unsaturated/α-hetero) is 1.